The number of hydrogen-bond donors (Lipinski definition) is 0. The number of aromatic nitrogens is 3. The molecule has 1 aliphatic rings. The molecule has 6 nitrogen and oxygen atoms in total. The lowest BCUT2D eigenvalue weighted by molar-refractivity contribution is 0.102. The maximum absolute atomic E-state index is 13.2. The molecule has 0 radical (unpaired) electrons. The topological polar surface area (TPSA) is 81.9 Å². The van der Waals surface area contributed by atoms with Crippen molar-refractivity contribution in [2.75, 3.05) is 17.3 Å². The van der Waals surface area contributed by atoms with Crippen molar-refractivity contribution in [3.05, 3.63) is 64.8 Å². The van der Waals surface area contributed by atoms with Gasteiger partial charge in [-0.15, -0.1) is 11.3 Å². The third kappa shape index (κ3) is 4.37. The highest BCUT2D eigenvalue weighted by atomic mass is 32.2. The lowest BCUT2D eigenvalue weighted by Gasteiger charge is -2.16. The van der Waals surface area contributed by atoms with Crippen LogP contribution in [0.3, 0.4) is 0 Å². The van der Waals surface area contributed by atoms with Crippen molar-refractivity contribution in [1.82, 2.24) is 14.5 Å². The Morgan fingerprint density at radius 2 is 2.00 bits per heavy atom. The van der Waals surface area contributed by atoms with Gasteiger partial charge in [0.25, 0.3) is 0 Å². The van der Waals surface area contributed by atoms with E-state index in [-0.39, 0.29) is 29.1 Å². The molecule has 1 aliphatic heterocycles. The third-order valence-corrected chi connectivity index (χ3v) is 9.62. The molecule has 1 atom stereocenters. The van der Waals surface area contributed by atoms with E-state index in [0.29, 0.717) is 17.8 Å². The van der Waals surface area contributed by atoms with Gasteiger partial charge in [-0.1, -0.05) is 36.0 Å². The number of rotatable bonds is 6. The zero-order chi connectivity index (χ0) is 23.2. The van der Waals surface area contributed by atoms with Crippen LogP contribution in [0.1, 0.15) is 34.2 Å². The number of para-hydroxylation sites is 1. The fourth-order valence-electron chi connectivity index (χ4n) is 4.49. The van der Waals surface area contributed by atoms with Gasteiger partial charge in [0.2, 0.25) is 0 Å². The standard InChI is InChI=1S/C24H23N3O3S3/c1-15-12-19(16(2)27(15)17-9-11-33(29,30)14-17)21(28)13-32-24-18-6-3-4-7-20(18)25-23(26-24)22-8-5-10-31-22/h3-8,10,12,17H,9,11,13-14H2,1-2H3/t17-/m1/s1. The minimum Gasteiger partial charge on any atom is -0.344 e. The average Bonchev–Trinajstić information content (AvgIpc) is 3.51. The SMILES string of the molecule is Cc1cc(C(=O)CSc2nc(-c3cccs3)nc3ccccc23)c(C)n1[C@@H]1CCS(=O)(=O)C1. The van der Waals surface area contributed by atoms with Gasteiger partial charge in [0.05, 0.1) is 27.7 Å². The summed E-state index contributed by atoms with van der Waals surface area (Å²) in [6, 6.07) is 13.6. The summed E-state index contributed by atoms with van der Waals surface area (Å²) in [5.74, 6) is 1.28. The van der Waals surface area contributed by atoms with Crippen LogP contribution in [0.4, 0.5) is 0 Å². The number of Topliss-reactive ketones (excluding diaryl/α,β-unsaturated/α-hetero) is 1. The summed E-state index contributed by atoms with van der Waals surface area (Å²) in [7, 11) is -3.00. The third-order valence-electron chi connectivity index (χ3n) is 6.01. The second-order valence-corrected chi connectivity index (χ2v) is 12.4. The van der Waals surface area contributed by atoms with Gasteiger partial charge in [0.15, 0.2) is 21.4 Å². The maximum Gasteiger partial charge on any atom is 0.174 e. The van der Waals surface area contributed by atoms with Gasteiger partial charge in [0.1, 0.15) is 5.03 Å². The highest BCUT2D eigenvalue weighted by molar-refractivity contribution is 8.00. The van der Waals surface area contributed by atoms with E-state index in [2.05, 4.69) is 0 Å². The number of sulfone groups is 1. The Labute approximate surface area is 201 Å². The van der Waals surface area contributed by atoms with E-state index in [0.717, 1.165) is 32.2 Å². The Bertz CT molecular complexity index is 1460. The number of thiophene rings is 1. The molecule has 0 N–H and O–H groups in total. The van der Waals surface area contributed by atoms with Gasteiger partial charge in [-0.05, 0) is 43.8 Å². The molecule has 4 aromatic rings. The fourth-order valence-corrected chi connectivity index (χ4v) is 7.75. The molecule has 170 valence electrons. The van der Waals surface area contributed by atoms with Crippen molar-refractivity contribution in [2.45, 2.75) is 31.3 Å². The Kier molecular flexibility index (Phi) is 5.88. The predicted octanol–water partition coefficient (Wildman–Crippen LogP) is 5.11. The van der Waals surface area contributed by atoms with Gasteiger partial charge in [0, 0.05) is 28.4 Å². The summed E-state index contributed by atoms with van der Waals surface area (Å²) in [6.07, 6.45) is 0.597. The summed E-state index contributed by atoms with van der Waals surface area (Å²) in [6.45, 7) is 3.85. The molecule has 33 heavy (non-hydrogen) atoms. The summed E-state index contributed by atoms with van der Waals surface area (Å²) in [4.78, 5) is 23.7. The second kappa shape index (κ2) is 8.70. The number of aryl methyl sites for hydroxylation is 1. The van der Waals surface area contributed by atoms with Crippen LogP contribution < -0.4 is 0 Å². The summed E-state index contributed by atoms with van der Waals surface area (Å²) in [5, 5.41) is 3.71. The average molecular weight is 498 g/mol. The Hall–Kier alpha value is -2.49. The molecule has 5 rings (SSSR count). The maximum atomic E-state index is 13.2. The molecule has 0 aliphatic carbocycles. The second-order valence-electron chi connectivity index (χ2n) is 8.27. The molecule has 1 aromatic carbocycles. The van der Waals surface area contributed by atoms with Crippen molar-refractivity contribution >= 4 is 49.6 Å². The Morgan fingerprint density at radius 3 is 2.73 bits per heavy atom. The number of fused-ring (bicyclic) bond motifs is 1. The summed E-state index contributed by atoms with van der Waals surface area (Å²) >= 11 is 3.00. The van der Waals surface area contributed by atoms with E-state index < -0.39 is 9.84 Å². The van der Waals surface area contributed by atoms with E-state index >= 15 is 0 Å². The van der Waals surface area contributed by atoms with E-state index in [4.69, 9.17) is 9.97 Å². The van der Waals surface area contributed by atoms with Gasteiger partial charge in [-0.3, -0.25) is 4.79 Å². The lowest BCUT2D eigenvalue weighted by Crippen LogP contribution is -2.14. The van der Waals surface area contributed by atoms with E-state index in [1.54, 1.807) is 11.3 Å². The Morgan fingerprint density at radius 1 is 1.18 bits per heavy atom. The highest BCUT2D eigenvalue weighted by Gasteiger charge is 2.31. The number of ketones is 1. The van der Waals surface area contributed by atoms with Gasteiger partial charge in [-0.25, -0.2) is 18.4 Å². The van der Waals surface area contributed by atoms with Crippen LogP contribution in [0.2, 0.25) is 0 Å². The van der Waals surface area contributed by atoms with Gasteiger partial charge in [-0.2, -0.15) is 0 Å². The molecule has 9 heteroatoms. The molecule has 0 spiro atoms. The molecular formula is C24H23N3O3S3. The minimum absolute atomic E-state index is 0.0144. The van der Waals surface area contributed by atoms with Crippen LogP contribution in [0.15, 0.2) is 52.9 Å². The molecule has 0 unspecified atom stereocenters. The van der Waals surface area contributed by atoms with Crippen molar-refractivity contribution in [3.63, 3.8) is 0 Å². The number of hydrogen-bond acceptors (Lipinski definition) is 7. The van der Waals surface area contributed by atoms with Crippen molar-refractivity contribution in [1.29, 1.82) is 0 Å². The summed E-state index contributed by atoms with van der Waals surface area (Å²) < 4.78 is 25.9. The van der Waals surface area contributed by atoms with Crippen LogP contribution in [-0.2, 0) is 9.84 Å². The number of carbonyl (C=O) groups excluding carboxylic acids is 1. The van der Waals surface area contributed by atoms with E-state index in [1.165, 1.54) is 11.8 Å². The number of benzene rings is 1. The zero-order valence-corrected chi connectivity index (χ0v) is 20.8. The number of thioether (sulfide) groups is 1. The Balaban J connectivity index is 1.42. The first-order valence-electron chi connectivity index (χ1n) is 10.7. The van der Waals surface area contributed by atoms with Crippen LogP contribution in [0, 0.1) is 13.8 Å². The molecule has 0 amide bonds. The lowest BCUT2D eigenvalue weighted by atomic mass is 10.2. The molecule has 1 fully saturated rings. The molecule has 0 bridgehead atoms. The minimum atomic E-state index is -3.00. The molecule has 3 aromatic heterocycles. The molecule has 0 saturated carbocycles. The molecule has 1 saturated heterocycles. The summed E-state index contributed by atoms with van der Waals surface area (Å²) in [5.41, 5.74) is 3.27. The zero-order valence-electron chi connectivity index (χ0n) is 18.3. The van der Waals surface area contributed by atoms with Gasteiger partial charge < -0.3 is 4.57 Å². The van der Waals surface area contributed by atoms with Crippen molar-refractivity contribution in [2.24, 2.45) is 0 Å². The number of carbonyl (C=O) groups is 1. The normalized spacial score (nSPS) is 17.6. The van der Waals surface area contributed by atoms with Gasteiger partial charge >= 0.3 is 0 Å². The van der Waals surface area contributed by atoms with E-state index in [1.807, 2.05) is 66.3 Å². The van der Waals surface area contributed by atoms with Crippen LogP contribution >= 0.6 is 23.1 Å². The molecule has 4 heterocycles. The quantitative estimate of drug-likeness (QED) is 0.209. The first-order valence-corrected chi connectivity index (χ1v) is 14.4. The number of nitrogens with zero attached hydrogens (tertiary/aromatic N) is 3. The first kappa shape index (κ1) is 22.3. The fraction of sp³-hybridized carbons (Fsp3) is 0.292. The van der Waals surface area contributed by atoms with Crippen LogP contribution in [0.25, 0.3) is 21.6 Å². The monoisotopic (exact) mass is 497 g/mol. The molecular weight excluding hydrogens is 474 g/mol. The van der Waals surface area contributed by atoms with Crippen molar-refractivity contribution in [3.8, 4) is 10.7 Å². The first-order chi connectivity index (χ1) is 15.8. The van der Waals surface area contributed by atoms with Crippen LogP contribution in [0.5, 0.6) is 0 Å². The highest BCUT2D eigenvalue weighted by Crippen LogP contribution is 2.32. The smallest absolute Gasteiger partial charge is 0.174 e. The van der Waals surface area contributed by atoms with Crippen molar-refractivity contribution < 1.29 is 13.2 Å². The predicted molar refractivity (Wildman–Crippen MR) is 134 cm³/mol. The van der Waals surface area contributed by atoms with Crippen LogP contribution in [-0.4, -0.2) is 46.0 Å². The van der Waals surface area contributed by atoms with E-state index in [9.17, 15) is 13.2 Å². The largest absolute Gasteiger partial charge is 0.344 e.